The van der Waals surface area contributed by atoms with E-state index < -0.39 is 91.7 Å². The van der Waals surface area contributed by atoms with Gasteiger partial charge in [0.05, 0.1) is 18.2 Å². The fourth-order valence-corrected chi connectivity index (χ4v) is 4.37. The lowest BCUT2D eigenvalue weighted by Crippen LogP contribution is -2.68. The number of nitrogens with two attached hydrogens (primary N) is 4. The molecule has 3 fully saturated rings. The largest absolute Gasteiger partial charge is 0.391 e. The Bertz CT molecular complexity index is 620. The van der Waals surface area contributed by atoms with Crippen LogP contribution in [0.1, 0.15) is 13.3 Å². The van der Waals surface area contributed by atoms with Crippen molar-refractivity contribution in [1.82, 2.24) is 0 Å². The van der Waals surface area contributed by atoms with E-state index in [-0.39, 0.29) is 13.0 Å². The van der Waals surface area contributed by atoms with Crippen LogP contribution in [0.25, 0.3) is 0 Å². The van der Waals surface area contributed by atoms with Gasteiger partial charge in [0.2, 0.25) is 0 Å². The molecule has 0 radical (unpaired) electrons. The highest BCUT2D eigenvalue weighted by Crippen LogP contribution is 2.32. The smallest absolute Gasteiger partial charge is 0.187 e. The third-order valence-electron chi connectivity index (χ3n) is 6.36. The molecule has 3 aliphatic rings. The summed E-state index contributed by atoms with van der Waals surface area (Å²) in [5, 5.41) is 61.2. The second kappa shape index (κ2) is 10.4. The van der Waals surface area contributed by atoms with Crippen LogP contribution in [0.4, 0.5) is 0 Å². The van der Waals surface area contributed by atoms with Gasteiger partial charge in [-0.3, -0.25) is 0 Å². The van der Waals surface area contributed by atoms with Crippen molar-refractivity contribution in [3.05, 3.63) is 0 Å². The summed E-state index contributed by atoms with van der Waals surface area (Å²) in [6.07, 6.45) is -15.1. The third-order valence-corrected chi connectivity index (χ3v) is 6.36. The standard InChI is InChI=1S/C18H36N4O10/c1-4(23)14-12(27)11(26)8(22)17(30-14)31-15-6(21)2-5(20)9(24)16(15)32-18-13(28)10(25)7(3-19)29-18/h4-18,23-28H,2-3,19-22H2,1H3/t4-,5-,6?,7-,8-,9?,10?,11?,12+,13?,14?,15-,16?,17-,18+/m1/s1. The SMILES string of the molecule is C[C@@H](O)C1O[C@H](O[C@@H]2C(N)C[C@@H](N)C(O)C2O[C@@H]2O[C@H](CN)C(O)C2O)[C@H](N)C(O)[C@@H]1O. The molecular weight excluding hydrogens is 432 g/mol. The molecule has 7 unspecified atom stereocenters. The molecule has 14 N–H and O–H groups in total. The van der Waals surface area contributed by atoms with E-state index >= 15 is 0 Å². The molecule has 0 aromatic rings. The van der Waals surface area contributed by atoms with Crippen molar-refractivity contribution in [3.8, 4) is 0 Å². The van der Waals surface area contributed by atoms with Gasteiger partial charge in [0.15, 0.2) is 12.6 Å². The molecular formula is C18H36N4O10. The van der Waals surface area contributed by atoms with Crippen molar-refractivity contribution >= 4 is 0 Å². The molecule has 14 nitrogen and oxygen atoms in total. The van der Waals surface area contributed by atoms with Crippen molar-refractivity contribution in [3.63, 3.8) is 0 Å². The molecule has 0 amide bonds. The Hall–Kier alpha value is -0.560. The van der Waals surface area contributed by atoms with Crippen molar-refractivity contribution < 1.29 is 49.6 Å². The van der Waals surface area contributed by atoms with E-state index in [4.69, 9.17) is 41.9 Å². The van der Waals surface area contributed by atoms with E-state index in [1.807, 2.05) is 0 Å². The second-order valence-electron chi connectivity index (χ2n) is 8.78. The summed E-state index contributed by atoms with van der Waals surface area (Å²) in [5.41, 5.74) is 23.7. The predicted molar refractivity (Wildman–Crippen MR) is 106 cm³/mol. The first kappa shape index (κ1) is 26.1. The van der Waals surface area contributed by atoms with Gasteiger partial charge in [-0.25, -0.2) is 0 Å². The van der Waals surface area contributed by atoms with E-state index in [1.165, 1.54) is 6.92 Å². The number of rotatable bonds is 6. The fourth-order valence-electron chi connectivity index (χ4n) is 4.37. The molecule has 14 heteroatoms. The molecule has 1 saturated carbocycles. The minimum absolute atomic E-state index is 0.0734. The molecule has 0 aromatic carbocycles. The lowest BCUT2D eigenvalue weighted by Gasteiger charge is -2.47. The molecule has 2 saturated heterocycles. The van der Waals surface area contributed by atoms with Crippen molar-refractivity contribution in [2.75, 3.05) is 6.54 Å². The lowest BCUT2D eigenvalue weighted by molar-refractivity contribution is -0.315. The Morgan fingerprint density at radius 1 is 0.812 bits per heavy atom. The van der Waals surface area contributed by atoms with Gasteiger partial charge < -0.3 is 72.5 Å². The van der Waals surface area contributed by atoms with Crippen LogP contribution in [0.5, 0.6) is 0 Å². The Labute approximate surface area is 185 Å². The molecule has 2 heterocycles. The van der Waals surface area contributed by atoms with E-state index in [0.29, 0.717) is 0 Å². The van der Waals surface area contributed by atoms with E-state index in [2.05, 4.69) is 0 Å². The average molecular weight is 469 g/mol. The van der Waals surface area contributed by atoms with Gasteiger partial charge in [-0.15, -0.1) is 0 Å². The monoisotopic (exact) mass is 468 g/mol. The number of hydrogen-bond donors (Lipinski definition) is 10. The summed E-state index contributed by atoms with van der Waals surface area (Å²) in [6, 6.07) is -2.78. The highest BCUT2D eigenvalue weighted by Gasteiger charge is 2.52. The average Bonchev–Trinajstić information content (AvgIpc) is 3.01. The summed E-state index contributed by atoms with van der Waals surface area (Å²) in [4.78, 5) is 0. The zero-order chi connectivity index (χ0) is 23.9. The molecule has 0 spiro atoms. The number of aliphatic hydroxyl groups excluding tert-OH is 6. The molecule has 1 aliphatic carbocycles. The Morgan fingerprint density at radius 3 is 2.00 bits per heavy atom. The van der Waals surface area contributed by atoms with Gasteiger partial charge in [-0.05, 0) is 13.3 Å². The van der Waals surface area contributed by atoms with Crippen LogP contribution in [0.2, 0.25) is 0 Å². The molecule has 0 aromatic heterocycles. The number of aliphatic hydroxyl groups is 6. The quantitative estimate of drug-likeness (QED) is 0.174. The normalized spacial score (nSPS) is 53.3. The lowest BCUT2D eigenvalue weighted by atomic mass is 9.84. The van der Waals surface area contributed by atoms with Crippen LogP contribution < -0.4 is 22.9 Å². The van der Waals surface area contributed by atoms with Gasteiger partial charge in [0, 0.05) is 18.6 Å². The van der Waals surface area contributed by atoms with Crippen LogP contribution in [0, 0.1) is 0 Å². The van der Waals surface area contributed by atoms with Crippen molar-refractivity contribution in [1.29, 1.82) is 0 Å². The fraction of sp³-hybridized carbons (Fsp3) is 1.00. The summed E-state index contributed by atoms with van der Waals surface area (Å²) < 4.78 is 22.7. The summed E-state index contributed by atoms with van der Waals surface area (Å²) in [6.45, 7) is 1.30. The van der Waals surface area contributed by atoms with Gasteiger partial charge in [-0.1, -0.05) is 0 Å². The van der Waals surface area contributed by atoms with Crippen LogP contribution in [0.3, 0.4) is 0 Å². The van der Waals surface area contributed by atoms with Crippen LogP contribution in [-0.2, 0) is 18.9 Å². The maximum atomic E-state index is 10.7. The molecule has 2 aliphatic heterocycles. The summed E-state index contributed by atoms with van der Waals surface area (Å²) >= 11 is 0. The molecule has 188 valence electrons. The van der Waals surface area contributed by atoms with Gasteiger partial charge in [-0.2, -0.15) is 0 Å². The topological polar surface area (TPSA) is 262 Å². The first-order chi connectivity index (χ1) is 15.0. The Morgan fingerprint density at radius 2 is 1.44 bits per heavy atom. The molecule has 0 bridgehead atoms. The Kier molecular flexibility index (Phi) is 8.44. The predicted octanol–water partition coefficient (Wildman–Crippen LogP) is -6.26. The third kappa shape index (κ3) is 4.94. The maximum absolute atomic E-state index is 10.7. The van der Waals surface area contributed by atoms with E-state index in [9.17, 15) is 30.6 Å². The van der Waals surface area contributed by atoms with Crippen LogP contribution >= 0.6 is 0 Å². The highest BCUT2D eigenvalue weighted by atomic mass is 16.7. The maximum Gasteiger partial charge on any atom is 0.187 e. The number of hydrogen-bond acceptors (Lipinski definition) is 14. The number of ether oxygens (including phenoxy) is 4. The zero-order valence-electron chi connectivity index (χ0n) is 17.7. The minimum atomic E-state index is -1.47. The summed E-state index contributed by atoms with van der Waals surface area (Å²) in [5.74, 6) is 0. The van der Waals surface area contributed by atoms with Gasteiger partial charge >= 0.3 is 0 Å². The van der Waals surface area contributed by atoms with Gasteiger partial charge in [0.25, 0.3) is 0 Å². The molecule has 32 heavy (non-hydrogen) atoms. The van der Waals surface area contributed by atoms with Crippen LogP contribution in [-0.4, -0.2) is 129 Å². The first-order valence-corrected chi connectivity index (χ1v) is 10.6. The van der Waals surface area contributed by atoms with E-state index in [1.54, 1.807) is 0 Å². The van der Waals surface area contributed by atoms with Crippen molar-refractivity contribution in [2.24, 2.45) is 22.9 Å². The van der Waals surface area contributed by atoms with Crippen LogP contribution in [0.15, 0.2) is 0 Å². The molecule has 3 rings (SSSR count). The van der Waals surface area contributed by atoms with Gasteiger partial charge in [0.1, 0.15) is 48.8 Å². The highest BCUT2D eigenvalue weighted by molar-refractivity contribution is 5.01. The summed E-state index contributed by atoms with van der Waals surface area (Å²) in [7, 11) is 0. The second-order valence-corrected chi connectivity index (χ2v) is 8.78. The first-order valence-electron chi connectivity index (χ1n) is 10.6. The minimum Gasteiger partial charge on any atom is -0.391 e. The zero-order valence-corrected chi connectivity index (χ0v) is 17.7. The van der Waals surface area contributed by atoms with E-state index in [0.717, 1.165) is 0 Å². The molecule has 15 atom stereocenters. The Balaban J connectivity index is 1.79. The van der Waals surface area contributed by atoms with Crippen molar-refractivity contribution in [2.45, 2.75) is 105 Å².